The highest BCUT2D eigenvalue weighted by molar-refractivity contribution is 6.20. The number of benzene rings is 2. The lowest BCUT2D eigenvalue weighted by molar-refractivity contribution is -0.0964. The molecule has 0 bridgehead atoms. The zero-order valence-electron chi connectivity index (χ0n) is 18.7. The first kappa shape index (κ1) is 23.6. The summed E-state index contributed by atoms with van der Waals surface area (Å²) in [4.78, 5) is 25.8. The van der Waals surface area contributed by atoms with Crippen LogP contribution in [0, 0.1) is 5.41 Å². The van der Waals surface area contributed by atoms with Gasteiger partial charge in [-0.2, -0.15) is 0 Å². The summed E-state index contributed by atoms with van der Waals surface area (Å²) in [5.41, 5.74) is 0.0390. The van der Waals surface area contributed by atoms with Crippen LogP contribution in [0.15, 0.2) is 61.4 Å². The second-order valence-electron chi connectivity index (χ2n) is 8.98. The van der Waals surface area contributed by atoms with E-state index in [1.54, 1.807) is 30.9 Å². The van der Waals surface area contributed by atoms with Gasteiger partial charge in [0, 0.05) is 52.9 Å². The molecule has 0 aliphatic rings. The van der Waals surface area contributed by atoms with E-state index in [1.165, 1.54) is 30.6 Å². The molecule has 0 atom stereocenters. The lowest BCUT2D eigenvalue weighted by Gasteiger charge is -2.20. The van der Waals surface area contributed by atoms with Crippen LogP contribution in [0.5, 0.6) is 5.75 Å². The number of ether oxygens (including phenoxy) is 1. The van der Waals surface area contributed by atoms with Gasteiger partial charge in [0.25, 0.3) is 5.91 Å². The summed E-state index contributed by atoms with van der Waals surface area (Å²) in [5.74, 6) is -0.517. The van der Waals surface area contributed by atoms with Crippen molar-refractivity contribution in [2.45, 2.75) is 32.9 Å². The van der Waals surface area contributed by atoms with Crippen LogP contribution >= 0.6 is 11.6 Å². The average Bonchev–Trinajstić information content (AvgIpc) is 3.15. The number of nitrogens with zero attached hydrogens (tertiary/aromatic N) is 4. The third-order valence-electron chi connectivity index (χ3n) is 4.84. The monoisotopic (exact) mass is 485 g/mol. The number of carbonyl (C=O) groups is 1. The summed E-state index contributed by atoms with van der Waals surface area (Å²) < 4.78 is 31.9. The lowest BCUT2D eigenvalue weighted by atomic mass is 9.96. The number of amides is 1. The molecule has 10 heteroatoms. The van der Waals surface area contributed by atoms with Crippen molar-refractivity contribution in [1.82, 2.24) is 19.5 Å². The molecule has 0 saturated heterocycles. The number of hydrogen-bond donors (Lipinski definition) is 1. The molecule has 7 nitrogen and oxygen atoms in total. The van der Waals surface area contributed by atoms with Gasteiger partial charge >= 0.3 is 5.57 Å². The van der Waals surface area contributed by atoms with Crippen molar-refractivity contribution in [3.8, 4) is 16.9 Å². The molecular weight excluding hydrogens is 464 g/mol. The number of rotatable bonds is 6. The molecule has 0 radical (unpaired) electrons. The minimum Gasteiger partial charge on any atom is -0.420 e. The van der Waals surface area contributed by atoms with E-state index in [9.17, 15) is 13.6 Å². The maximum atomic E-state index is 13.0. The molecule has 0 unspecified atom stereocenters. The van der Waals surface area contributed by atoms with Gasteiger partial charge < -0.3 is 14.6 Å². The van der Waals surface area contributed by atoms with Gasteiger partial charge in [0.05, 0.1) is 17.4 Å². The molecule has 2 aromatic heterocycles. The van der Waals surface area contributed by atoms with Crippen LogP contribution in [-0.4, -0.2) is 31.0 Å². The summed E-state index contributed by atoms with van der Waals surface area (Å²) in [7, 11) is 0. The van der Waals surface area contributed by atoms with Crippen molar-refractivity contribution in [3.05, 3.63) is 67.0 Å². The largest absolute Gasteiger partial charge is 0.487 e. The van der Waals surface area contributed by atoms with Gasteiger partial charge in [-0.05, 0) is 41.8 Å². The smallest absolute Gasteiger partial charge is 0.420 e. The molecule has 2 heterocycles. The molecular formula is C24H22ClF2N5O2. The summed E-state index contributed by atoms with van der Waals surface area (Å²) in [5, 5.41) is 2.76. The van der Waals surface area contributed by atoms with Crippen LogP contribution in [-0.2, 0) is 6.54 Å². The van der Waals surface area contributed by atoms with Crippen LogP contribution in [0.25, 0.3) is 22.2 Å². The summed E-state index contributed by atoms with van der Waals surface area (Å²) in [6, 6.07) is 8.94. The number of nitrogens with one attached hydrogen (secondary N) is 1. The first-order valence-electron chi connectivity index (χ1n) is 10.4. The maximum Gasteiger partial charge on any atom is 0.487 e. The molecule has 176 valence electrons. The quantitative estimate of drug-likeness (QED) is 0.341. The summed E-state index contributed by atoms with van der Waals surface area (Å²) in [6.45, 7) is 7.13. The van der Waals surface area contributed by atoms with E-state index in [2.05, 4.69) is 50.3 Å². The topological polar surface area (TPSA) is 81.9 Å². The second kappa shape index (κ2) is 8.98. The van der Waals surface area contributed by atoms with Crippen LogP contribution < -0.4 is 10.1 Å². The number of carbonyl (C=O) groups excluding carboxylic acids is 1. The maximum absolute atomic E-state index is 13.0. The van der Waals surface area contributed by atoms with Gasteiger partial charge in [0.1, 0.15) is 12.1 Å². The standard InChI is InChI=1S/C24H22ClF2N5O2/c1-23(2,3)12-32-14-30-20-9-15(8-19(21(20)32)16-10-28-13-29-11-16)22(33)31-17-4-6-18(7-5-17)34-24(25,26)27/h4-11,13-14H,12H2,1-3H3,(H,31,33). The second-order valence-corrected chi connectivity index (χ2v) is 9.42. The van der Waals surface area contributed by atoms with Crippen molar-refractivity contribution in [2.75, 3.05) is 5.32 Å². The normalized spacial score (nSPS) is 12.1. The van der Waals surface area contributed by atoms with Crippen molar-refractivity contribution >= 4 is 34.2 Å². The Bertz CT molecular complexity index is 1310. The Kier molecular flexibility index (Phi) is 6.22. The molecule has 0 aliphatic carbocycles. The number of fused-ring (bicyclic) bond motifs is 1. The number of aromatic nitrogens is 4. The fraction of sp³-hybridized carbons (Fsp3) is 0.250. The van der Waals surface area contributed by atoms with Gasteiger partial charge in [-0.1, -0.05) is 20.8 Å². The summed E-state index contributed by atoms with van der Waals surface area (Å²) in [6.07, 6.45) is 6.57. The Labute approximate surface area is 199 Å². The highest BCUT2D eigenvalue weighted by atomic mass is 35.5. The predicted octanol–water partition coefficient (Wildman–Crippen LogP) is 5.96. The summed E-state index contributed by atoms with van der Waals surface area (Å²) >= 11 is 4.78. The van der Waals surface area contributed by atoms with Crippen molar-refractivity contribution < 1.29 is 18.3 Å². The number of hydrogen-bond acceptors (Lipinski definition) is 5. The number of imidazole rings is 1. The molecule has 1 amide bonds. The fourth-order valence-corrected chi connectivity index (χ4v) is 3.66. The number of alkyl halides is 3. The van der Waals surface area contributed by atoms with Gasteiger partial charge in [-0.3, -0.25) is 4.79 Å². The first-order chi connectivity index (χ1) is 16.0. The minimum atomic E-state index is -3.81. The van der Waals surface area contributed by atoms with E-state index in [4.69, 9.17) is 11.6 Å². The average molecular weight is 486 g/mol. The Hall–Kier alpha value is -3.59. The highest BCUT2D eigenvalue weighted by Crippen LogP contribution is 2.32. The van der Waals surface area contributed by atoms with Crippen molar-refractivity contribution in [1.29, 1.82) is 0 Å². The van der Waals surface area contributed by atoms with Crippen LogP contribution in [0.2, 0.25) is 0 Å². The van der Waals surface area contributed by atoms with Gasteiger partial charge in [0.15, 0.2) is 0 Å². The molecule has 2 aromatic carbocycles. The molecule has 0 spiro atoms. The van der Waals surface area contributed by atoms with Crippen LogP contribution in [0.4, 0.5) is 14.5 Å². The molecule has 4 aromatic rings. The molecule has 0 fully saturated rings. The van der Waals surface area contributed by atoms with Crippen molar-refractivity contribution in [3.63, 3.8) is 0 Å². The minimum absolute atomic E-state index is 0.0113. The van der Waals surface area contributed by atoms with Gasteiger partial charge in [-0.15, -0.1) is 8.78 Å². The van der Waals surface area contributed by atoms with Gasteiger partial charge in [0.2, 0.25) is 0 Å². The SMILES string of the molecule is CC(C)(C)Cn1cnc2cc(C(=O)Nc3ccc(OC(F)(F)Cl)cc3)cc(-c3cncnc3)c21. The third-order valence-corrected chi connectivity index (χ3v) is 4.91. The Morgan fingerprint density at radius 1 is 1.12 bits per heavy atom. The van der Waals surface area contributed by atoms with Crippen LogP contribution in [0.3, 0.4) is 0 Å². The van der Waals surface area contributed by atoms with Gasteiger partial charge in [-0.25, -0.2) is 15.0 Å². The zero-order chi connectivity index (χ0) is 24.5. The molecule has 4 rings (SSSR count). The predicted molar refractivity (Wildman–Crippen MR) is 126 cm³/mol. The third kappa shape index (κ3) is 5.66. The number of anilines is 1. The Balaban J connectivity index is 1.68. The Morgan fingerprint density at radius 2 is 1.79 bits per heavy atom. The van der Waals surface area contributed by atoms with Crippen molar-refractivity contribution in [2.24, 2.45) is 5.41 Å². The molecule has 0 aliphatic heterocycles. The lowest BCUT2D eigenvalue weighted by Crippen LogP contribution is -2.16. The molecule has 1 N–H and O–H groups in total. The van der Waals surface area contributed by atoms with E-state index in [0.29, 0.717) is 16.8 Å². The van der Waals surface area contributed by atoms with Crippen LogP contribution in [0.1, 0.15) is 31.1 Å². The van der Waals surface area contributed by atoms with E-state index < -0.39 is 5.57 Å². The molecule has 0 saturated carbocycles. The number of halogens is 3. The van der Waals surface area contributed by atoms with E-state index in [0.717, 1.165) is 23.2 Å². The van der Waals surface area contributed by atoms with E-state index >= 15 is 0 Å². The first-order valence-corrected chi connectivity index (χ1v) is 10.8. The zero-order valence-corrected chi connectivity index (χ0v) is 19.5. The molecule has 34 heavy (non-hydrogen) atoms. The van der Waals surface area contributed by atoms with E-state index in [-0.39, 0.29) is 17.1 Å². The Morgan fingerprint density at radius 3 is 2.41 bits per heavy atom. The van der Waals surface area contributed by atoms with E-state index in [1.807, 2.05) is 0 Å². The highest BCUT2D eigenvalue weighted by Gasteiger charge is 2.27. The fourth-order valence-electron chi connectivity index (χ4n) is 3.57.